The molecule has 0 atom stereocenters. The van der Waals surface area contributed by atoms with Gasteiger partial charge in [0.2, 0.25) is 5.91 Å². The third-order valence-corrected chi connectivity index (χ3v) is 3.09. The van der Waals surface area contributed by atoms with Gasteiger partial charge >= 0.3 is 0 Å². The lowest BCUT2D eigenvalue weighted by Crippen LogP contribution is -2.48. The fraction of sp³-hybridized carbons (Fsp3) is 0.462. The van der Waals surface area contributed by atoms with Crippen LogP contribution in [0.2, 0.25) is 0 Å². The van der Waals surface area contributed by atoms with E-state index in [1.165, 1.54) is 0 Å². The van der Waals surface area contributed by atoms with Crippen LogP contribution in [0.4, 0.5) is 5.82 Å². The van der Waals surface area contributed by atoms with Crippen molar-refractivity contribution in [3.8, 4) is 0 Å². The molecule has 0 saturated carbocycles. The maximum absolute atomic E-state index is 11.2. The van der Waals surface area contributed by atoms with Gasteiger partial charge < -0.3 is 9.80 Å². The Balaban J connectivity index is 1.97. The molecule has 2 radical (unpaired) electrons. The van der Waals surface area contributed by atoms with Crippen molar-refractivity contribution in [2.24, 2.45) is 0 Å². The first kappa shape index (κ1) is 11.9. The number of amides is 1. The van der Waals surface area contributed by atoms with Crippen molar-refractivity contribution in [1.82, 2.24) is 9.88 Å². The van der Waals surface area contributed by atoms with Crippen LogP contribution in [-0.4, -0.2) is 42.0 Å². The van der Waals surface area contributed by atoms with Crippen molar-refractivity contribution < 1.29 is 4.79 Å². The van der Waals surface area contributed by atoms with Crippen molar-refractivity contribution in [1.29, 1.82) is 0 Å². The van der Waals surface area contributed by atoms with E-state index in [1.807, 2.05) is 23.2 Å². The van der Waals surface area contributed by atoms with E-state index in [0.29, 0.717) is 6.42 Å². The van der Waals surface area contributed by atoms with E-state index in [0.717, 1.165) is 37.6 Å². The molecule has 0 bridgehead atoms. The van der Waals surface area contributed by atoms with E-state index in [-0.39, 0.29) is 5.91 Å². The van der Waals surface area contributed by atoms with Gasteiger partial charge in [0.1, 0.15) is 5.82 Å². The fourth-order valence-electron chi connectivity index (χ4n) is 1.97. The molecule has 90 valence electrons. The summed E-state index contributed by atoms with van der Waals surface area (Å²) >= 11 is 0. The lowest BCUT2D eigenvalue weighted by atomic mass is 10.2. The molecule has 1 amide bonds. The van der Waals surface area contributed by atoms with Crippen LogP contribution in [0.15, 0.2) is 18.3 Å². The normalized spacial score (nSPS) is 16.1. The standard InChI is InChI=1S/C13H17N3O/c1-3-12-4-5-13(14-10-12)16-8-6-15(7-9-16)11(2)17/h1,4-5,10H,3,6-9H2,2H3. The van der Waals surface area contributed by atoms with E-state index in [2.05, 4.69) is 9.88 Å². The number of nitrogens with zero attached hydrogens (tertiary/aromatic N) is 3. The summed E-state index contributed by atoms with van der Waals surface area (Å²) in [5, 5.41) is 0. The largest absolute Gasteiger partial charge is 0.353 e. The Morgan fingerprint density at radius 3 is 2.53 bits per heavy atom. The molecule has 2 rings (SSSR count). The van der Waals surface area contributed by atoms with Gasteiger partial charge in [-0.25, -0.2) is 4.98 Å². The molecule has 0 unspecified atom stereocenters. The predicted octanol–water partition coefficient (Wildman–Crippen LogP) is 1.00. The van der Waals surface area contributed by atoms with Crippen LogP contribution in [0.25, 0.3) is 0 Å². The maximum Gasteiger partial charge on any atom is 0.219 e. The lowest BCUT2D eigenvalue weighted by molar-refractivity contribution is -0.129. The average molecular weight is 231 g/mol. The lowest BCUT2D eigenvalue weighted by Gasteiger charge is -2.34. The maximum atomic E-state index is 11.2. The Morgan fingerprint density at radius 1 is 1.35 bits per heavy atom. The Bertz CT molecular complexity index is 380. The quantitative estimate of drug-likeness (QED) is 0.762. The number of pyridine rings is 1. The number of hydrogen-bond acceptors (Lipinski definition) is 3. The van der Waals surface area contributed by atoms with Crippen molar-refractivity contribution in [2.45, 2.75) is 13.3 Å². The van der Waals surface area contributed by atoms with Gasteiger partial charge in [-0.1, -0.05) is 6.07 Å². The van der Waals surface area contributed by atoms with Crippen LogP contribution in [0.3, 0.4) is 0 Å². The molecule has 4 nitrogen and oxygen atoms in total. The van der Waals surface area contributed by atoms with Gasteiger partial charge in [0.15, 0.2) is 0 Å². The van der Waals surface area contributed by atoms with Crippen LogP contribution in [0.5, 0.6) is 0 Å². The Hall–Kier alpha value is -1.58. The number of carbonyl (C=O) groups excluding carboxylic acids is 1. The number of hydrogen-bond donors (Lipinski definition) is 0. The molecule has 0 aromatic carbocycles. The summed E-state index contributed by atoms with van der Waals surface area (Å²) in [6.07, 6.45) is 2.33. The minimum atomic E-state index is 0.149. The minimum absolute atomic E-state index is 0.149. The first-order valence-corrected chi connectivity index (χ1v) is 5.86. The highest BCUT2D eigenvalue weighted by atomic mass is 16.2. The molecule has 0 aliphatic carbocycles. The summed E-state index contributed by atoms with van der Waals surface area (Å²) in [6.45, 7) is 10.4. The van der Waals surface area contributed by atoms with Crippen molar-refractivity contribution in [2.75, 3.05) is 31.1 Å². The number of aromatic nitrogens is 1. The molecule has 1 fully saturated rings. The van der Waals surface area contributed by atoms with Gasteiger partial charge in [-0.2, -0.15) is 0 Å². The fourth-order valence-corrected chi connectivity index (χ4v) is 1.97. The summed E-state index contributed by atoms with van der Waals surface area (Å²) in [7, 11) is 0. The molecule has 0 N–H and O–H groups in total. The second-order valence-electron chi connectivity index (χ2n) is 4.22. The minimum Gasteiger partial charge on any atom is -0.353 e. The smallest absolute Gasteiger partial charge is 0.219 e. The van der Waals surface area contributed by atoms with Crippen LogP contribution >= 0.6 is 0 Å². The Labute approximate surface area is 102 Å². The van der Waals surface area contributed by atoms with E-state index in [4.69, 9.17) is 6.92 Å². The first-order chi connectivity index (χ1) is 8.20. The van der Waals surface area contributed by atoms with Gasteiger partial charge in [0, 0.05) is 39.3 Å². The summed E-state index contributed by atoms with van der Waals surface area (Å²) in [4.78, 5) is 19.6. The summed E-state index contributed by atoms with van der Waals surface area (Å²) < 4.78 is 0. The molecule has 0 spiro atoms. The predicted molar refractivity (Wildman–Crippen MR) is 66.7 cm³/mol. The number of piperazine rings is 1. The van der Waals surface area contributed by atoms with E-state index < -0.39 is 0 Å². The third kappa shape index (κ3) is 2.75. The van der Waals surface area contributed by atoms with Crippen LogP contribution < -0.4 is 4.90 Å². The number of anilines is 1. The van der Waals surface area contributed by atoms with E-state index >= 15 is 0 Å². The monoisotopic (exact) mass is 231 g/mol. The van der Waals surface area contributed by atoms with Gasteiger partial charge in [-0.3, -0.25) is 4.79 Å². The summed E-state index contributed by atoms with van der Waals surface area (Å²) in [5.41, 5.74) is 1.04. The molecule has 4 heteroatoms. The van der Waals surface area contributed by atoms with Crippen LogP contribution in [0, 0.1) is 6.92 Å². The zero-order valence-corrected chi connectivity index (χ0v) is 10.1. The highest BCUT2D eigenvalue weighted by molar-refractivity contribution is 5.73. The zero-order chi connectivity index (χ0) is 12.3. The highest BCUT2D eigenvalue weighted by Gasteiger charge is 2.19. The third-order valence-electron chi connectivity index (χ3n) is 3.09. The molecule has 1 aromatic rings. The average Bonchev–Trinajstić information content (AvgIpc) is 2.39. The molecule has 2 heterocycles. The zero-order valence-electron chi connectivity index (χ0n) is 10.1. The van der Waals surface area contributed by atoms with E-state index in [9.17, 15) is 4.79 Å². The molecule has 1 aromatic heterocycles. The Morgan fingerprint density at radius 2 is 2.06 bits per heavy atom. The summed E-state index contributed by atoms with van der Waals surface area (Å²) in [6, 6.07) is 3.99. The second kappa shape index (κ2) is 5.17. The van der Waals surface area contributed by atoms with Gasteiger partial charge in [0.25, 0.3) is 0 Å². The second-order valence-corrected chi connectivity index (χ2v) is 4.22. The van der Waals surface area contributed by atoms with E-state index in [1.54, 1.807) is 6.92 Å². The molecule has 1 aliphatic heterocycles. The van der Waals surface area contributed by atoms with Crippen LogP contribution in [-0.2, 0) is 11.2 Å². The molecule has 1 saturated heterocycles. The molecule has 1 aliphatic rings. The summed E-state index contributed by atoms with van der Waals surface area (Å²) in [5.74, 6) is 1.11. The molecular weight excluding hydrogens is 214 g/mol. The Kier molecular flexibility index (Phi) is 3.61. The van der Waals surface area contributed by atoms with Crippen molar-refractivity contribution >= 4 is 11.7 Å². The first-order valence-electron chi connectivity index (χ1n) is 5.86. The van der Waals surface area contributed by atoms with Crippen LogP contribution in [0.1, 0.15) is 12.5 Å². The van der Waals surface area contributed by atoms with Crippen molar-refractivity contribution in [3.05, 3.63) is 30.8 Å². The highest BCUT2D eigenvalue weighted by Crippen LogP contribution is 2.14. The van der Waals surface area contributed by atoms with Gasteiger partial charge in [0.05, 0.1) is 0 Å². The topological polar surface area (TPSA) is 36.4 Å². The number of carbonyl (C=O) groups is 1. The van der Waals surface area contributed by atoms with Crippen molar-refractivity contribution in [3.63, 3.8) is 0 Å². The van der Waals surface area contributed by atoms with Gasteiger partial charge in [-0.05, 0) is 25.0 Å². The van der Waals surface area contributed by atoms with Gasteiger partial charge in [-0.15, -0.1) is 0 Å². The number of rotatable bonds is 2. The molecule has 17 heavy (non-hydrogen) atoms. The molecular formula is C13H17N3O. The SMILES string of the molecule is [CH]Cc1ccc(N2CCN(C(C)=O)CC2)nc1.